The number of benzene rings is 3. The zero-order valence-corrected chi connectivity index (χ0v) is 23.0. The van der Waals surface area contributed by atoms with Gasteiger partial charge in [0.1, 0.15) is 11.6 Å². The first-order valence-electron chi connectivity index (χ1n) is 13.0. The molecule has 0 saturated carbocycles. The number of nitrogens with zero attached hydrogens (tertiary/aromatic N) is 4. The monoisotopic (exact) mass is 544 g/mol. The minimum absolute atomic E-state index is 0.130. The molecule has 1 amide bonds. The number of amides is 1. The molecule has 1 aromatic heterocycles. The lowest BCUT2D eigenvalue weighted by atomic mass is 10.1. The van der Waals surface area contributed by atoms with Gasteiger partial charge >= 0.3 is 0 Å². The van der Waals surface area contributed by atoms with Crippen LogP contribution in [0.25, 0.3) is 16.6 Å². The van der Waals surface area contributed by atoms with Gasteiger partial charge in [0.25, 0.3) is 17.2 Å². The Labute approximate surface area is 231 Å². The molecule has 0 spiro atoms. The molecular weight excluding hydrogens is 512 g/mol. The van der Waals surface area contributed by atoms with Crippen molar-refractivity contribution in [3.63, 3.8) is 0 Å². The van der Waals surface area contributed by atoms with E-state index in [1.807, 2.05) is 13.0 Å². The van der Waals surface area contributed by atoms with E-state index < -0.39 is 16.9 Å². The van der Waals surface area contributed by atoms with Crippen molar-refractivity contribution >= 4 is 22.5 Å². The fourth-order valence-corrected chi connectivity index (χ4v) is 4.78. The Hall–Kier alpha value is -4.57. The number of aromatic nitrogens is 2. The molecule has 40 heavy (non-hydrogen) atoms. The SMILES string of the molecule is CCC(c1nc2ccccc2c(=O)n1-c1ccc(OC)cc1)N(CCCOC)C(=O)c1ccc(C)c([N+](=O)[O-])c1. The van der Waals surface area contributed by atoms with E-state index in [2.05, 4.69) is 0 Å². The van der Waals surface area contributed by atoms with Crippen molar-refractivity contribution in [1.82, 2.24) is 14.5 Å². The van der Waals surface area contributed by atoms with Crippen molar-refractivity contribution in [3.05, 3.63) is 104 Å². The standard InChI is InChI=1S/C30H32N4O6/c1-5-26(32(17-8-18-39-3)29(35)21-12-11-20(2)27(19-21)34(37)38)28-31-25-10-7-6-9-24(25)30(36)33(28)22-13-15-23(40-4)16-14-22/h6-7,9-16,19,26H,5,8,17-18H2,1-4H3. The van der Waals surface area contributed by atoms with Gasteiger partial charge in [-0.15, -0.1) is 0 Å². The first-order chi connectivity index (χ1) is 19.3. The lowest BCUT2D eigenvalue weighted by molar-refractivity contribution is -0.385. The molecule has 1 unspecified atom stereocenters. The average molecular weight is 545 g/mol. The number of hydrogen-bond donors (Lipinski definition) is 0. The highest BCUT2D eigenvalue weighted by Crippen LogP contribution is 2.29. The Morgan fingerprint density at radius 3 is 2.48 bits per heavy atom. The first kappa shape index (κ1) is 28.4. The Balaban J connectivity index is 1.92. The van der Waals surface area contributed by atoms with E-state index in [0.717, 1.165) is 0 Å². The summed E-state index contributed by atoms with van der Waals surface area (Å²) >= 11 is 0. The number of rotatable bonds is 11. The number of carbonyl (C=O) groups excluding carboxylic acids is 1. The van der Waals surface area contributed by atoms with E-state index in [1.54, 1.807) is 80.6 Å². The van der Waals surface area contributed by atoms with Crippen LogP contribution in [0.3, 0.4) is 0 Å². The van der Waals surface area contributed by atoms with Crippen molar-refractivity contribution < 1.29 is 19.2 Å². The number of aryl methyl sites for hydroxylation is 1. The Morgan fingerprint density at radius 2 is 1.82 bits per heavy atom. The van der Waals surface area contributed by atoms with Crippen LogP contribution in [0.5, 0.6) is 5.75 Å². The molecule has 4 aromatic rings. The summed E-state index contributed by atoms with van der Waals surface area (Å²) in [7, 11) is 3.15. The van der Waals surface area contributed by atoms with Gasteiger partial charge in [-0.2, -0.15) is 0 Å². The van der Waals surface area contributed by atoms with Gasteiger partial charge in [-0.1, -0.05) is 25.1 Å². The summed E-state index contributed by atoms with van der Waals surface area (Å²) in [4.78, 5) is 45.6. The lowest BCUT2D eigenvalue weighted by Crippen LogP contribution is -2.39. The number of ether oxygens (including phenoxy) is 2. The van der Waals surface area contributed by atoms with Crippen LogP contribution >= 0.6 is 0 Å². The molecule has 0 N–H and O–H groups in total. The normalized spacial score (nSPS) is 11.8. The molecule has 4 rings (SSSR count). The maximum Gasteiger partial charge on any atom is 0.273 e. The summed E-state index contributed by atoms with van der Waals surface area (Å²) in [6.45, 7) is 4.24. The quantitative estimate of drug-likeness (QED) is 0.144. The minimum atomic E-state index is -0.621. The Morgan fingerprint density at radius 1 is 1.10 bits per heavy atom. The lowest BCUT2D eigenvalue weighted by Gasteiger charge is -2.32. The predicted octanol–water partition coefficient (Wildman–Crippen LogP) is 5.24. The predicted molar refractivity (Wildman–Crippen MR) is 152 cm³/mol. The molecule has 0 aliphatic heterocycles. The summed E-state index contributed by atoms with van der Waals surface area (Å²) in [5.74, 6) is 0.634. The molecule has 10 heteroatoms. The number of methoxy groups -OCH3 is 2. The zero-order chi connectivity index (χ0) is 28.8. The third kappa shape index (κ3) is 5.72. The van der Waals surface area contributed by atoms with Gasteiger partial charge in [0.15, 0.2) is 0 Å². The Kier molecular flexibility index (Phi) is 8.90. The molecular formula is C30H32N4O6. The minimum Gasteiger partial charge on any atom is -0.497 e. The van der Waals surface area contributed by atoms with Crippen LogP contribution in [0.4, 0.5) is 5.69 Å². The smallest absolute Gasteiger partial charge is 0.273 e. The molecule has 0 saturated heterocycles. The van der Waals surface area contributed by atoms with Crippen molar-refractivity contribution in [2.75, 3.05) is 27.4 Å². The molecule has 0 bridgehead atoms. The van der Waals surface area contributed by atoms with Gasteiger partial charge < -0.3 is 14.4 Å². The summed E-state index contributed by atoms with van der Waals surface area (Å²) in [5.41, 5.74) is 1.35. The molecule has 10 nitrogen and oxygen atoms in total. The molecule has 0 radical (unpaired) electrons. The number of nitro benzene ring substituents is 1. The van der Waals surface area contributed by atoms with E-state index in [1.165, 1.54) is 10.6 Å². The number of hydrogen-bond acceptors (Lipinski definition) is 7. The zero-order valence-electron chi connectivity index (χ0n) is 23.0. The van der Waals surface area contributed by atoms with E-state index >= 15 is 0 Å². The van der Waals surface area contributed by atoms with Gasteiger partial charge in [-0.05, 0) is 62.2 Å². The van der Waals surface area contributed by atoms with Crippen LogP contribution < -0.4 is 10.3 Å². The number of para-hydroxylation sites is 1. The van der Waals surface area contributed by atoms with Crippen LogP contribution in [0, 0.1) is 17.0 Å². The van der Waals surface area contributed by atoms with Crippen LogP contribution in [-0.4, -0.2) is 52.7 Å². The topological polar surface area (TPSA) is 117 Å². The second-order valence-electron chi connectivity index (χ2n) is 9.35. The highest BCUT2D eigenvalue weighted by Gasteiger charge is 2.30. The van der Waals surface area contributed by atoms with E-state index in [-0.39, 0.29) is 23.4 Å². The highest BCUT2D eigenvalue weighted by molar-refractivity contribution is 5.95. The van der Waals surface area contributed by atoms with Gasteiger partial charge in [-0.25, -0.2) is 4.98 Å². The molecule has 0 aliphatic rings. The van der Waals surface area contributed by atoms with E-state index in [4.69, 9.17) is 14.5 Å². The molecule has 208 valence electrons. The van der Waals surface area contributed by atoms with Crippen molar-refractivity contribution in [3.8, 4) is 11.4 Å². The summed E-state index contributed by atoms with van der Waals surface area (Å²) < 4.78 is 12.1. The first-order valence-corrected chi connectivity index (χ1v) is 13.0. The van der Waals surface area contributed by atoms with Gasteiger partial charge in [0.2, 0.25) is 0 Å². The second kappa shape index (κ2) is 12.5. The fraction of sp³-hybridized carbons (Fsp3) is 0.300. The maximum absolute atomic E-state index is 14.0. The molecule has 3 aromatic carbocycles. The van der Waals surface area contributed by atoms with Gasteiger partial charge in [-0.3, -0.25) is 24.3 Å². The molecule has 1 heterocycles. The number of carbonyl (C=O) groups is 1. The average Bonchev–Trinajstić information content (AvgIpc) is 2.97. The maximum atomic E-state index is 14.0. The summed E-state index contributed by atoms with van der Waals surface area (Å²) in [5, 5.41) is 12.1. The van der Waals surface area contributed by atoms with Gasteiger partial charge in [0.05, 0.1) is 34.7 Å². The molecule has 0 fully saturated rings. The third-order valence-corrected chi connectivity index (χ3v) is 6.85. The van der Waals surface area contributed by atoms with Crippen molar-refractivity contribution in [2.45, 2.75) is 32.7 Å². The second-order valence-corrected chi connectivity index (χ2v) is 9.35. The van der Waals surface area contributed by atoms with Gasteiger partial charge in [0, 0.05) is 37.5 Å². The van der Waals surface area contributed by atoms with Crippen molar-refractivity contribution in [1.29, 1.82) is 0 Å². The van der Waals surface area contributed by atoms with Crippen LogP contribution in [0.15, 0.2) is 71.5 Å². The highest BCUT2D eigenvalue weighted by atomic mass is 16.6. The Bertz CT molecular complexity index is 1580. The summed E-state index contributed by atoms with van der Waals surface area (Å²) in [6, 6.07) is 18.0. The largest absolute Gasteiger partial charge is 0.497 e. The van der Waals surface area contributed by atoms with E-state index in [9.17, 15) is 19.7 Å². The van der Waals surface area contributed by atoms with Crippen LogP contribution in [-0.2, 0) is 4.74 Å². The van der Waals surface area contributed by atoms with Crippen molar-refractivity contribution in [2.24, 2.45) is 0 Å². The summed E-state index contributed by atoms with van der Waals surface area (Å²) in [6.07, 6.45) is 0.959. The third-order valence-electron chi connectivity index (χ3n) is 6.85. The number of fused-ring (bicyclic) bond motifs is 1. The fourth-order valence-electron chi connectivity index (χ4n) is 4.78. The van der Waals surface area contributed by atoms with Crippen LogP contribution in [0.1, 0.15) is 47.6 Å². The van der Waals surface area contributed by atoms with Crippen LogP contribution in [0.2, 0.25) is 0 Å². The molecule has 1 atom stereocenters. The number of nitro groups is 1. The molecule has 0 aliphatic carbocycles. The van der Waals surface area contributed by atoms with E-state index in [0.29, 0.717) is 53.2 Å².